The molecule has 0 radical (unpaired) electrons. The Morgan fingerprint density at radius 3 is 1.88 bits per heavy atom. The van der Waals surface area contributed by atoms with Crippen molar-refractivity contribution in [1.82, 2.24) is 42.1 Å². The van der Waals surface area contributed by atoms with E-state index in [9.17, 15) is 53.1 Å². The molecule has 66 heavy (non-hydrogen) atoms. The van der Waals surface area contributed by atoms with Crippen LogP contribution in [0.25, 0.3) is 0 Å². The summed E-state index contributed by atoms with van der Waals surface area (Å²) in [5.41, 5.74) is 16.9. The first-order valence-electron chi connectivity index (χ1n) is 22.7. The van der Waals surface area contributed by atoms with Crippen molar-refractivity contribution in [3.63, 3.8) is 0 Å². The van der Waals surface area contributed by atoms with Gasteiger partial charge in [-0.15, -0.1) is 0 Å². The maximum absolute atomic E-state index is 13.7. The summed E-state index contributed by atoms with van der Waals surface area (Å²) >= 11 is 0. The minimum absolute atomic E-state index is 0.00721. The summed E-state index contributed by atoms with van der Waals surface area (Å²) in [6.45, 7) is 15.5. The molecule has 0 aliphatic carbocycles. The Balaban J connectivity index is 3.20. The fraction of sp³-hybridized carbons (Fsp3) is 0.744. The van der Waals surface area contributed by atoms with Crippen LogP contribution in [0.5, 0.6) is 0 Å². The highest BCUT2D eigenvalue weighted by Gasteiger charge is 2.37. The number of nitrogens with two attached hydrogens (primary N) is 3. The highest BCUT2D eigenvalue weighted by Crippen LogP contribution is 2.18. The Labute approximate surface area is 387 Å². The van der Waals surface area contributed by atoms with E-state index in [1.54, 1.807) is 27.7 Å². The van der Waals surface area contributed by atoms with Crippen LogP contribution in [0, 0.1) is 23.7 Å². The summed E-state index contributed by atoms with van der Waals surface area (Å²) < 4.78 is 0. The number of carbonyl (C=O) groups excluding carboxylic acids is 9. The fourth-order valence-corrected chi connectivity index (χ4v) is 7.03. The van der Waals surface area contributed by atoms with Crippen molar-refractivity contribution in [3.8, 4) is 0 Å². The van der Waals surface area contributed by atoms with E-state index in [1.165, 1.54) is 11.8 Å². The van der Waals surface area contributed by atoms with Crippen LogP contribution in [0.2, 0.25) is 0 Å². The molecule has 374 valence electrons. The van der Waals surface area contributed by atoms with E-state index in [1.807, 2.05) is 27.7 Å². The molecule has 0 unspecified atom stereocenters. The second-order valence-electron chi connectivity index (χ2n) is 18.1. The second kappa shape index (κ2) is 28.9. The predicted octanol–water partition coefficient (Wildman–Crippen LogP) is -2.13. The lowest BCUT2D eigenvalue weighted by atomic mass is 9.99. The number of carboxylic acid groups (broad SMARTS) is 1. The Morgan fingerprint density at radius 1 is 0.742 bits per heavy atom. The van der Waals surface area contributed by atoms with Gasteiger partial charge in [0.05, 0.1) is 25.0 Å². The number of nitrogens with one attached hydrogen (secondary N) is 7. The summed E-state index contributed by atoms with van der Waals surface area (Å²) in [6.07, 6.45) is 1.71. The summed E-state index contributed by atoms with van der Waals surface area (Å²) in [5.74, 6) is -8.27. The molecule has 0 aromatic carbocycles. The molecule has 0 bridgehead atoms. The molecular weight excluding hydrogens is 861 g/mol. The number of carboxylic acids is 1. The van der Waals surface area contributed by atoms with Crippen LogP contribution < -0.4 is 54.4 Å². The second-order valence-corrected chi connectivity index (χ2v) is 18.1. The number of aliphatic imine (C=N–C) groups is 1. The lowest BCUT2D eigenvalue weighted by Gasteiger charge is -2.28. The molecule has 1 rings (SSSR count). The monoisotopic (exact) mass is 937 g/mol. The van der Waals surface area contributed by atoms with Gasteiger partial charge in [0, 0.05) is 13.1 Å². The number of rotatable bonds is 29. The van der Waals surface area contributed by atoms with Gasteiger partial charge < -0.3 is 69.2 Å². The number of aliphatic carboxylic acids is 1. The molecule has 1 aliphatic heterocycles. The average molecular weight is 937 g/mol. The molecule has 1 aliphatic rings. The molecule has 0 spiro atoms. The number of aldehydes is 1. The van der Waals surface area contributed by atoms with Crippen LogP contribution in [0.15, 0.2) is 4.99 Å². The van der Waals surface area contributed by atoms with Crippen LogP contribution in [0.3, 0.4) is 0 Å². The zero-order chi connectivity index (χ0) is 50.4. The molecule has 23 heteroatoms. The minimum Gasteiger partial charge on any atom is -0.481 e. The van der Waals surface area contributed by atoms with Crippen LogP contribution in [-0.4, -0.2) is 143 Å². The predicted molar refractivity (Wildman–Crippen MR) is 244 cm³/mol. The Kier molecular flexibility index (Phi) is 25.5. The number of hydrogen-bond acceptors (Lipinski definition) is 12. The van der Waals surface area contributed by atoms with Crippen LogP contribution >= 0.6 is 0 Å². The molecule has 8 amide bonds. The normalized spacial score (nSPS) is 17.2. The zero-order valence-corrected chi connectivity index (χ0v) is 39.9. The van der Waals surface area contributed by atoms with E-state index in [2.05, 4.69) is 42.2 Å². The van der Waals surface area contributed by atoms with Gasteiger partial charge >= 0.3 is 5.97 Å². The summed E-state index contributed by atoms with van der Waals surface area (Å²) in [4.78, 5) is 136. The molecule has 0 saturated carbocycles. The van der Waals surface area contributed by atoms with Gasteiger partial charge in [0.2, 0.25) is 47.3 Å². The zero-order valence-electron chi connectivity index (χ0n) is 39.9. The molecule has 0 aromatic rings. The lowest BCUT2D eigenvalue weighted by Crippen LogP contribution is -2.60. The maximum Gasteiger partial charge on any atom is 0.305 e. The first-order chi connectivity index (χ1) is 30.8. The number of amides is 8. The van der Waals surface area contributed by atoms with Gasteiger partial charge in [-0.1, -0.05) is 61.8 Å². The van der Waals surface area contributed by atoms with Crippen molar-refractivity contribution in [3.05, 3.63) is 0 Å². The summed E-state index contributed by atoms with van der Waals surface area (Å²) in [5, 5.41) is 27.4. The van der Waals surface area contributed by atoms with Gasteiger partial charge in [-0.05, 0) is 69.1 Å². The first kappa shape index (κ1) is 58.1. The van der Waals surface area contributed by atoms with Gasteiger partial charge in [0.15, 0.2) is 5.96 Å². The van der Waals surface area contributed by atoms with E-state index in [-0.39, 0.29) is 69.0 Å². The van der Waals surface area contributed by atoms with Gasteiger partial charge in [-0.2, -0.15) is 0 Å². The van der Waals surface area contributed by atoms with Crippen molar-refractivity contribution in [2.75, 3.05) is 19.6 Å². The number of guanidine groups is 1. The van der Waals surface area contributed by atoms with E-state index in [4.69, 9.17) is 17.2 Å². The summed E-state index contributed by atoms with van der Waals surface area (Å²) in [7, 11) is 0. The quantitative estimate of drug-likeness (QED) is 0.0165. The topological polar surface area (TPSA) is 369 Å². The maximum atomic E-state index is 13.7. The van der Waals surface area contributed by atoms with Crippen molar-refractivity contribution in [1.29, 1.82) is 0 Å². The largest absolute Gasteiger partial charge is 0.481 e. The SMILES string of the molecule is CC[C@H](C)[C@H](N)C(=O)NCC(=O)N1CCC[C@H]1C(=O)N[C@@H](CCCN=C(N)N)C(=O)N[C@@H](C)C(=O)N[C@@H](CC(C)C)C(=O)N[C@@H](CC(=O)O)C(=O)N[C@H](C(=O)N[C@H](C=O)CC(C)C)C(C)C. The van der Waals surface area contributed by atoms with Gasteiger partial charge in [-0.3, -0.25) is 48.1 Å². The van der Waals surface area contributed by atoms with Crippen molar-refractivity contribution < 1.29 is 53.1 Å². The highest BCUT2D eigenvalue weighted by atomic mass is 16.4. The third kappa shape index (κ3) is 20.5. The Hall–Kier alpha value is -5.87. The van der Waals surface area contributed by atoms with Gasteiger partial charge in [0.1, 0.15) is 42.5 Å². The van der Waals surface area contributed by atoms with Crippen LogP contribution in [-0.2, 0) is 47.9 Å². The Bertz CT molecular complexity index is 1720. The van der Waals surface area contributed by atoms with E-state index >= 15 is 0 Å². The van der Waals surface area contributed by atoms with Crippen molar-refractivity contribution >= 4 is 65.5 Å². The lowest BCUT2D eigenvalue weighted by molar-refractivity contribution is -0.141. The van der Waals surface area contributed by atoms with Crippen molar-refractivity contribution in [2.24, 2.45) is 45.9 Å². The molecule has 23 nitrogen and oxygen atoms in total. The third-order valence-corrected chi connectivity index (χ3v) is 11.0. The number of hydrogen-bond donors (Lipinski definition) is 11. The first-order valence-corrected chi connectivity index (χ1v) is 22.7. The smallest absolute Gasteiger partial charge is 0.305 e. The van der Waals surface area contributed by atoms with Crippen LogP contribution in [0.1, 0.15) is 114 Å². The molecular formula is C43H76N12O11. The minimum atomic E-state index is -1.69. The number of likely N-dealkylation sites (tertiary alicyclic amines) is 1. The third-order valence-electron chi connectivity index (χ3n) is 11.0. The highest BCUT2D eigenvalue weighted by molar-refractivity contribution is 5.98. The van der Waals surface area contributed by atoms with Crippen molar-refractivity contribution in [2.45, 2.75) is 162 Å². The van der Waals surface area contributed by atoms with Gasteiger partial charge in [0.25, 0.3) is 0 Å². The van der Waals surface area contributed by atoms with E-state index in [0.717, 1.165) is 0 Å². The molecule has 0 aromatic heterocycles. The number of nitrogens with zero attached hydrogens (tertiary/aromatic N) is 2. The average Bonchev–Trinajstić information content (AvgIpc) is 3.74. The van der Waals surface area contributed by atoms with E-state index < -0.39 is 114 Å². The molecule has 9 atom stereocenters. The molecule has 1 fully saturated rings. The number of carbonyl (C=O) groups is 10. The van der Waals surface area contributed by atoms with E-state index in [0.29, 0.717) is 25.5 Å². The molecule has 14 N–H and O–H groups in total. The van der Waals surface area contributed by atoms with Gasteiger partial charge in [-0.25, -0.2) is 0 Å². The Morgan fingerprint density at radius 2 is 1.33 bits per heavy atom. The molecule has 1 saturated heterocycles. The standard InChI is InChI=1S/C43H76N12O11/c1-10-25(8)34(44)41(65)48-20-32(57)55-16-12-14-31(55)40(64)51-28(13-11-15-47-43(45)46)37(61)49-26(9)36(60)52-29(18-23(4)5)38(62)53-30(19-33(58)59)39(63)54-35(24(6)7)42(66)50-27(21-56)17-22(2)3/h21-31,34-35H,10-20,44H2,1-9H3,(H,48,65)(H,49,61)(H,50,66)(H,51,64)(H,52,60)(H,53,62)(H,54,63)(H,58,59)(H4,45,46,47)/t25-,26-,27-,28-,29-,30-,31-,34-,35-/m0/s1. The fourth-order valence-electron chi connectivity index (χ4n) is 7.03. The van der Waals surface area contributed by atoms with Crippen LogP contribution in [0.4, 0.5) is 0 Å². The molecule has 1 heterocycles. The summed E-state index contributed by atoms with van der Waals surface area (Å²) in [6, 6.07) is -9.38.